The number of hydrogen-bond acceptors (Lipinski definition) is 4. The number of Topliss-reactive ketones (excluding diaryl/α,β-unsaturated/α-hetero) is 1. The summed E-state index contributed by atoms with van der Waals surface area (Å²) in [5.41, 5.74) is 1.76. The van der Waals surface area contributed by atoms with Crippen molar-refractivity contribution in [1.82, 2.24) is 9.97 Å². The summed E-state index contributed by atoms with van der Waals surface area (Å²) >= 11 is 1.59. The van der Waals surface area contributed by atoms with E-state index in [1.54, 1.807) is 24.2 Å². The molecule has 0 spiro atoms. The van der Waals surface area contributed by atoms with E-state index >= 15 is 0 Å². The van der Waals surface area contributed by atoms with Crippen LogP contribution in [0.5, 0.6) is 0 Å². The molecule has 23 heavy (non-hydrogen) atoms. The van der Waals surface area contributed by atoms with Crippen molar-refractivity contribution in [2.24, 2.45) is 0 Å². The lowest BCUT2D eigenvalue weighted by Crippen LogP contribution is -2.29. The smallest absolute Gasteiger partial charge is 0.154 e. The number of nitrogens with zero attached hydrogens (tertiary/aromatic N) is 2. The van der Waals surface area contributed by atoms with Gasteiger partial charge in [-0.25, -0.2) is 0 Å². The van der Waals surface area contributed by atoms with Gasteiger partial charge in [-0.15, -0.1) is 11.8 Å². The number of rotatable bonds is 5. The van der Waals surface area contributed by atoms with Crippen LogP contribution in [0.1, 0.15) is 19.5 Å². The van der Waals surface area contributed by atoms with Gasteiger partial charge in [-0.05, 0) is 38.1 Å². The fraction of sp³-hybridized carbons (Fsp3) is 0.211. The first kappa shape index (κ1) is 15.7. The van der Waals surface area contributed by atoms with Crippen molar-refractivity contribution in [3.63, 3.8) is 0 Å². The number of pyridine rings is 2. The minimum absolute atomic E-state index is 0.169. The zero-order valence-corrected chi connectivity index (χ0v) is 14.0. The number of carbonyl (C=O) groups excluding carboxylic acids is 1. The number of carbonyl (C=O) groups is 1. The maximum absolute atomic E-state index is 12.7. The fourth-order valence-electron chi connectivity index (χ4n) is 2.37. The fourth-order valence-corrected chi connectivity index (χ4v) is 3.52. The van der Waals surface area contributed by atoms with E-state index in [0.717, 1.165) is 21.5 Å². The molecular weight excluding hydrogens is 304 g/mol. The number of ketones is 1. The van der Waals surface area contributed by atoms with E-state index < -0.39 is 4.75 Å². The second kappa shape index (κ2) is 6.50. The molecule has 2 aromatic heterocycles. The molecule has 3 aromatic rings. The molecule has 3 rings (SSSR count). The largest absolute Gasteiger partial charge is 0.298 e. The molecule has 4 heteroatoms. The quantitative estimate of drug-likeness (QED) is 0.656. The summed E-state index contributed by atoms with van der Waals surface area (Å²) in [5.74, 6) is 0.169. The van der Waals surface area contributed by atoms with E-state index in [1.807, 2.05) is 62.4 Å². The summed E-state index contributed by atoms with van der Waals surface area (Å²) in [6.07, 6.45) is 3.87. The topological polar surface area (TPSA) is 42.9 Å². The molecule has 116 valence electrons. The normalized spacial score (nSPS) is 11.6. The Balaban J connectivity index is 1.83. The predicted molar refractivity (Wildman–Crippen MR) is 94.6 cm³/mol. The third-order valence-corrected chi connectivity index (χ3v) is 5.03. The minimum atomic E-state index is -0.526. The zero-order chi connectivity index (χ0) is 16.3. The summed E-state index contributed by atoms with van der Waals surface area (Å²) in [6.45, 7) is 3.94. The van der Waals surface area contributed by atoms with E-state index in [4.69, 9.17) is 0 Å². The van der Waals surface area contributed by atoms with E-state index in [1.165, 1.54) is 0 Å². The van der Waals surface area contributed by atoms with Crippen molar-refractivity contribution in [2.75, 3.05) is 0 Å². The lowest BCUT2D eigenvalue weighted by molar-refractivity contribution is -0.120. The molecule has 2 heterocycles. The highest BCUT2D eigenvalue weighted by Gasteiger charge is 2.29. The number of fused-ring (bicyclic) bond motifs is 1. The lowest BCUT2D eigenvalue weighted by Gasteiger charge is -2.23. The Kier molecular flexibility index (Phi) is 4.44. The van der Waals surface area contributed by atoms with Crippen LogP contribution in [0.3, 0.4) is 0 Å². The standard InChI is InChI=1S/C19H18N2OS/c1-19(2,18(22)13-14-7-5-6-11-20-14)23-17-10-12-21-16-9-4-3-8-15(16)17/h3-12H,13H2,1-2H3. The Labute approximate surface area is 140 Å². The van der Waals surface area contributed by atoms with Crippen LogP contribution in [0.4, 0.5) is 0 Å². The minimum Gasteiger partial charge on any atom is -0.298 e. The average molecular weight is 322 g/mol. The Morgan fingerprint density at radius 1 is 1.00 bits per heavy atom. The van der Waals surface area contributed by atoms with Crippen LogP contribution in [0, 0.1) is 0 Å². The van der Waals surface area contributed by atoms with Gasteiger partial charge in [-0.1, -0.05) is 24.3 Å². The van der Waals surface area contributed by atoms with Crippen molar-refractivity contribution in [2.45, 2.75) is 29.9 Å². The summed E-state index contributed by atoms with van der Waals surface area (Å²) in [4.78, 5) is 22.4. The van der Waals surface area contributed by atoms with E-state index in [2.05, 4.69) is 9.97 Å². The first-order chi connectivity index (χ1) is 11.1. The van der Waals surface area contributed by atoms with Gasteiger partial charge in [0.05, 0.1) is 16.7 Å². The molecule has 0 aliphatic rings. The monoisotopic (exact) mass is 322 g/mol. The molecule has 0 N–H and O–H groups in total. The molecule has 0 saturated heterocycles. The molecule has 0 saturated carbocycles. The Morgan fingerprint density at radius 3 is 2.57 bits per heavy atom. The highest BCUT2D eigenvalue weighted by Crippen LogP contribution is 2.37. The molecule has 3 nitrogen and oxygen atoms in total. The van der Waals surface area contributed by atoms with Gasteiger partial charge in [0.15, 0.2) is 5.78 Å². The maximum atomic E-state index is 12.7. The summed E-state index contributed by atoms with van der Waals surface area (Å²) in [5, 5.41) is 1.08. The van der Waals surface area contributed by atoms with Crippen molar-refractivity contribution < 1.29 is 4.79 Å². The van der Waals surface area contributed by atoms with Crippen molar-refractivity contribution >= 4 is 28.4 Å². The SMILES string of the molecule is CC(C)(Sc1ccnc2ccccc12)C(=O)Cc1ccccn1. The molecule has 0 radical (unpaired) electrons. The zero-order valence-electron chi connectivity index (χ0n) is 13.2. The second-order valence-electron chi connectivity index (χ2n) is 5.86. The molecule has 1 aromatic carbocycles. The Hall–Kier alpha value is -2.20. The van der Waals surface area contributed by atoms with Crippen LogP contribution < -0.4 is 0 Å². The highest BCUT2D eigenvalue weighted by molar-refractivity contribution is 8.01. The van der Waals surface area contributed by atoms with Gasteiger partial charge in [0.2, 0.25) is 0 Å². The Bertz CT molecular complexity index is 826. The van der Waals surface area contributed by atoms with Gasteiger partial charge in [-0.2, -0.15) is 0 Å². The van der Waals surface area contributed by atoms with Crippen molar-refractivity contribution in [3.05, 3.63) is 66.6 Å². The van der Waals surface area contributed by atoms with Gasteiger partial charge >= 0.3 is 0 Å². The van der Waals surface area contributed by atoms with E-state index in [0.29, 0.717) is 6.42 Å². The highest BCUT2D eigenvalue weighted by atomic mass is 32.2. The molecule has 0 aliphatic carbocycles. The molecule has 0 amide bonds. The van der Waals surface area contributed by atoms with E-state index in [-0.39, 0.29) is 5.78 Å². The van der Waals surface area contributed by atoms with Gasteiger partial charge in [0.25, 0.3) is 0 Å². The average Bonchev–Trinajstić information content (AvgIpc) is 2.56. The molecule has 0 aliphatic heterocycles. The number of aromatic nitrogens is 2. The lowest BCUT2D eigenvalue weighted by atomic mass is 10.0. The Morgan fingerprint density at radius 2 is 1.78 bits per heavy atom. The number of hydrogen-bond donors (Lipinski definition) is 0. The summed E-state index contributed by atoms with van der Waals surface area (Å²) in [6, 6.07) is 15.6. The molecule has 0 bridgehead atoms. The van der Waals surface area contributed by atoms with Crippen molar-refractivity contribution in [1.29, 1.82) is 0 Å². The summed E-state index contributed by atoms with van der Waals surface area (Å²) < 4.78 is -0.526. The molecular formula is C19H18N2OS. The molecule has 0 unspecified atom stereocenters. The molecule has 0 atom stereocenters. The van der Waals surface area contributed by atoms with Gasteiger partial charge < -0.3 is 0 Å². The van der Waals surface area contributed by atoms with Crippen LogP contribution >= 0.6 is 11.8 Å². The first-order valence-corrected chi connectivity index (χ1v) is 8.34. The van der Waals surface area contributed by atoms with Crippen LogP contribution in [-0.2, 0) is 11.2 Å². The number of benzene rings is 1. The number of thioether (sulfide) groups is 1. The van der Waals surface area contributed by atoms with Gasteiger partial charge in [0.1, 0.15) is 0 Å². The molecule has 0 fully saturated rings. The third-order valence-electron chi connectivity index (χ3n) is 3.71. The number of para-hydroxylation sites is 1. The van der Waals surface area contributed by atoms with Gasteiger partial charge in [0, 0.05) is 28.4 Å². The van der Waals surface area contributed by atoms with Gasteiger partial charge in [-0.3, -0.25) is 14.8 Å². The first-order valence-electron chi connectivity index (χ1n) is 7.52. The van der Waals surface area contributed by atoms with Crippen molar-refractivity contribution in [3.8, 4) is 0 Å². The summed E-state index contributed by atoms with van der Waals surface area (Å²) in [7, 11) is 0. The predicted octanol–water partition coefficient (Wildman–Crippen LogP) is 4.31. The maximum Gasteiger partial charge on any atom is 0.154 e. The van der Waals surface area contributed by atoms with Crippen LogP contribution in [0.15, 0.2) is 65.8 Å². The van der Waals surface area contributed by atoms with Crippen LogP contribution in [-0.4, -0.2) is 20.5 Å². The second-order valence-corrected chi connectivity index (χ2v) is 7.52. The third kappa shape index (κ3) is 3.59. The van der Waals surface area contributed by atoms with Crippen LogP contribution in [0.25, 0.3) is 10.9 Å². The van der Waals surface area contributed by atoms with Crippen LogP contribution in [0.2, 0.25) is 0 Å². The van der Waals surface area contributed by atoms with E-state index in [9.17, 15) is 4.79 Å².